The van der Waals surface area contributed by atoms with Crippen molar-refractivity contribution < 1.29 is 14.3 Å². The smallest absolute Gasteiger partial charge is 0.410 e. The van der Waals surface area contributed by atoms with Gasteiger partial charge in [-0.15, -0.1) is 0 Å². The number of hydrogen-bond donors (Lipinski definition) is 0. The van der Waals surface area contributed by atoms with Crippen molar-refractivity contribution in [2.24, 2.45) is 0 Å². The normalized spacial score (nSPS) is 22.4. The minimum atomic E-state index is -0.259. The van der Waals surface area contributed by atoms with Crippen LogP contribution in [0.2, 0.25) is 0 Å². The maximum atomic E-state index is 12.4. The number of amides is 1. The van der Waals surface area contributed by atoms with Crippen LogP contribution in [0.25, 0.3) is 10.9 Å². The van der Waals surface area contributed by atoms with E-state index < -0.39 is 0 Å². The number of fused-ring (bicyclic) bond motifs is 1. The van der Waals surface area contributed by atoms with Gasteiger partial charge in [-0.05, 0) is 57.2 Å². The number of piperidine rings is 1. The van der Waals surface area contributed by atoms with E-state index in [-0.39, 0.29) is 18.2 Å². The predicted octanol–water partition coefficient (Wildman–Crippen LogP) is 2.83. The fourth-order valence-corrected chi connectivity index (χ4v) is 3.80. The highest BCUT2D eigenvalue weighted by Crippen LogP contribution is 2.34. The number of cyclic esters (lactones) is 1. The molecule has 1 atom stereocenters. The largest absolute Gasteiger partial charge is 0.497 e. The topological polar surface area (TPSA) is 54.9 Å². The molecule has 6 heteroatoms. The van der Waals surface area contributed by atoms with Gasteiger partial charge in [0.05, 0.1) is 19.2 Å². The van der Waals surface area contributed by atoms with E-state index in [1.807, 2.05) is 29.2 Å². The van der Waals surface area contributed by atoms with E-state index in [2.05, 4.69) is 16.9 Å². The minimum Gasteiger partial charge on any atom is -0.497 e. The van der Waals surface area contributed by atoms with Gasteiger partial charge in [-0.3, -0.25) is 4.98 Å². The molecule has 2 aliphatic heterocycles. The Hall–Kier alpha value is -2.34. The molecule has 4 rings (SSSR count). The number of rotatable bonds is 3. The molecular weight excluding hydrogens is 318 g/mol. The Morgan fingerprint density at radius 1 is 1.24 bits per heavy atom. The summed E-state index contributed by atoms with van der Waals surface area (Å²) in [7, 11) is 3.77. The zero-order valence-corrected chi connectivity index (χ0v) is 14.6. The Labute approximate surface area is 147 Å². The van der Waals surface area contributed by atoms with Gasteiger partial charge in [0.15, 0.2) is 0 Å². The molecule has 2 aromatic rings. The third-order valence-corrected chi connectivity index (χ3v) is 5.30. The first-order valence-corrected chi connectivity index (χ1v) is 8.74. The maximum Gasteiger partial charge on any atom is 0.410 e. The number of carbonyl (C=O) groups is 1. The number of aromatic nitrogens is 1. The van der Waals surface area contributed by atoms with Crippen molar-refractivity contribution in [3.05, 3.63) is 36.0 Å². The van der Waals surface area contributed by atoms with Crippen molar-refractivity contribution in [3.8, 4) is 5.75 Å². The molecule has 0 spiro atoms. The van der Waals surface area contributed by atoms with Gasteiger partial charge in [0.25, 0.3) is 0 Å². The van der Waals surface area contributed by atoms with Gasteiger partial charge < -0.3 is 19.3 Å². The highest BCUT2D eigenvalue weighted by molar-refractivity contribution is 5.84. The van der Waals surface area contributed by atoms with Crippen LogP contribution in [0.5, 0.6) is 5.75 Å². The van der Waals surface area contributed by atoms with E-state index in [4.69, 9.17) is 9.47 Å². The molecule has 0 N–H and O–H groups in total. The first-order chi connectivity index (χ1) is 12.2. The number of pyridine rings is 1. The Morgan fingerprint density at radius 3 is 2.80 bits per heavy atom. The molecule has 25 heavy (non-hydrogen) atoms. The molecule has 0 bridgehead atoms. The molecule has 1 amide bonds. The molecule has 0 radical (unpaired) electrons. The lowest BCUT2D eigenvalue weighted by Gasteiger charge is -2.33. The van der Waals surface area contributed by atoms with Gasteiger partial charge in [-0.1, -0.05) is 0 Å². The third kappa shape index (κ3) is 3.02. The molecule has 3 heterocycles. The molecule has 132 valence electrons. The average molecular weight is 341 g/mol. The van der Waals surface area contributed by atoms with E-state index in [0.29, 0.717) is 6.54 Å². The van der Waals surface area contributed by atoms with Crippen molar-refractivity contribution >= 4 is 17.0 Å². The van der Waals surface area contributed by atoms with E-state index in [1.54, 1.807) is 13.3 Å². The molecular formula is C19H23N3O3. The lowest BCUT2D eigenvalue weighted by Crippen LogP contribution is -2.44. The van der Waals surface area contributed by atoms with Crippen LogP contribution in [0, 0.1) is 0 Å². The Balaban J connectivity index is 1.60. The number of carbonyl (C=O) groups excluding carboxylic acids is 1. The fraction of sp³-hybridized carbons (Fsp3) is 0.474. The molecule has 6 nitrogen and oxygen atoms in total. The Bertz CT molecular complexity index is 787. The monoisotopic (exact) mass is 341 g/mol. The molecule has 0 aliphatic carbocycles. The van der Waals surface area contributed by atoms with Crippen molar-refractivity contribution in [3.63, 3.8) is 0 Å². The number of methoxy groups -OCH3 is 1. The summed E-state index contributed by atoms with van der Waals surface area (Å²) >= 11 is 0. The van der Waals surface area contributed by atoms with Crippen LogP contribution in [0.15, 0.2) is 30.5 Å². The van der Waals surface area contributed by atoms with Crippen LogP contribution in [0.4, 0.5) is 4.79 Å². The molecule has 2 saturated heterocycles. The van der Waals surface area contributed by atoms with E-state index in [9.17, 15) is 4.79 Å². The average Bonchev–Trinajstić information content (AvgIpc) is 3.03. The molecule has 2 fully saturated rings. The van der Waals surface area contributed by atoms with Crippen LogP contribution in [0.1, 0.15) is 24.5 Å². The zero-order chi connectivity index (χ0) is 17.4. The summed E-state index contributed by atoms with van der Waals surface area (Å²) in [6.45, 7) is 2.65. The SMILES string of the molecule is COc1ccc2nccc(C3CN(C4CCN(C)CC4)C(=O)O3)c2c1. The lowest BCUT2D eigenvalue weighted by molar-refractivity contribution is 0.117. The summed E-state index contributed by atoms with van der Waals surface area (Å²) in [5.41, 5.74) is 1.87. The van der Waals surface area contributed by atoms with Crippen LogP contribution in [-0.2, 0) is 4.74 Å². The maximum absolute atomic E-state index is 12.4. The quantitative estimate of drug-likeness (QED) is 0.859. The predicted molar refractivity (Wildman–Crippen MR) is 94.7 cm³/mol. The van der Waals surface area contributed by atoms with Crippen LogP contribution >= 0.6 is 0 Å². The minimum absolute atomic E-state index is 0.201. The lowest BCUT2D eigenvalue weighted by atomic mass is 10.0. The number of ether oxygens (including phenoxy) is 2. The van der Waals surface area contributed by atoms with E-state index in [0.717, 1.165) is 48.1 Å². The van der Waals surface area contributed by atoms with Gasteiger partial charge in [0.1, 0.15) is 11.9 Å². The second kappa shape index (κ2) is 6.52. The van der Waals surface area contributed by atoms with Gasteiger partial charge in [-0.2, -0.15) is 0 Å². The summed E-state index contributed by atoms with van der Waals surface area (Å²) in [6, 6.07) is 8.01. The van der Waals surface area contributed by atoms with Gasteiger partial charge in [0.2, 0.25) is 0 Å². The summed E-state index contributed by atoms with van der Waals surface area (Å²) in [6.07, 6.45) is 3.32. The van der Waals surface area contributed by atoms with Crippen molar-refractivity contribution in [1.29, 1.82) is 0 Å². The van der Waals surface area contributed by atoms with Crippen LogP contribution < -0.4 is 4.74 Å². The second-order valence-corrected chi connectivity index (χ2v) is 6.84. The summed E-state index contributed by atoms with van der Waals surface area (Å²) in [5, 5.41) is 0.977. The first-order valence-electron chi connectivity index (χ1n) is 8.74. The molecule has 0 saturated carbocycles. The Morgan fingerprint density at radius 2 is 2.04 bits per heavy atom. The van der Waals surface area contributed by atoms with Gasteiger partial charge >= 0.3 is 6.09 Å². The number of likely N-dealkylation sites (tertiary alicyclic amines) is 1. The van der Waals surface area contributed by atoms with Crippen LogP contribution in [-0.4, -0.2) is 60.7 Å². The summed E-state index contributed by atoms with van der Waals surface area (Å²) < 4.78 is 11.1. The standard InChI is InChI=1S/C19H23N3O3/c1-21-9-6-13(7-10-21)22-12-18(25-19(22)23)15-5-8-20-17-4-3-14(24-2)11-16(15)17/h3-5,8,11,13,18H,6-7,9-10,12H2,1-2H3. The first kappa shape index (κ1) is 16.1. The van der Waals surface area contributed by atoms with Crippen molar-refractivity contribution in [1.82, 2.24) is 14.8 Å². The van der Waals surface area contributed by atoms with Crippen molar-refractivity contribution in [2.45, 2.75) is 25.0 Å². The highest BCUT2D eigenvalue weighted by Gasteiger charge is 2.38. The summed E-state index contributed by atoms with van der Waals surface area (Å²) in [5.74, 6) is 0.776. The number of hydrogen-bond acceptors (Lipinski definition) is 5. The van der Waals surface area contributed by atoms with Crippen LogP contribution in [0.3, 0.4) is 0 Å². The Kier molecular flexibility index (Phi) is 4.21. The second-order valence-electron chi connectivity index (χ2n) is 6.84. The van der Waals surface area contributed by atoms with E-state index >= 15 is 0 Å². The molecule has 1 aromatic heterocycles. The summed E-state index contributed by atoms with van der Waals surface area (Å²) in [4.78, 5) is 21.1. The zero-order valence-electron chi connectivity index (χ0n) is 14.6. The third-order valence-electron chi connectivity index (χ3n) is 5.30. The van der Waals surface area contributed by atoms with Gasteiger partial charge in [0, 0.05) is 23.2 Å². The highest BCUT2D eigenvalue weighted by atomic mass is 16.6. The fourth-order valence-electron chi connectivity index (χ4n) is 3.80. The number of nitrogens with zero attached hydrogens (tertiary/aromatic N) is 3. The number of benzene rings is 1. The molecule has 1 unspecified atom stereocenters. The molecule has 1 aromatic carbocycles. The molecule has 2 aliphatic rings. The van der Waals surface area contributed by atoms with Crippen molar-refractivity contribution in [2.75, 3.05) is 33.8 Å². The van der Waals surface area contributed by atoms with E-state index in [1.165, 1.54) is 0 Å². The van der Waals surface area contributed by atoms with Gasteiger partial charge in [-0.25, -0.2) is 4.79 Å².